The minimum absolute atomic E-state index is 0.216. The standard InChI is InChI=1S/C13H15NO3/c1-8-9(2)17-12-10(8)6-5-7-11(12)13(15)14(3)16-4/h5-7H,1-4H3. The van der Waals surface area contributed by atoms with Crippen LogP contribution in [0.3, 0.4) is 0 Å². The molecule has 0 atom stereocenters. The van der Waals surface area contributed by atoms with Gasteiger partial charge in [0, 0.05) is 12.4 Å². The number of hydroxylamine groups is 2. The molecule has 4 heteroatoms. The molecule has 0 unspecified atom stereocenters. The van der Waals surface area contributed by atoms with Crippen molar-refractivity contribution in [3.05, 3.63) is 35.1 Å². The lowest BCUT2D eigenvalue weighted by molar-refractivity contribution is -0.0756. The van der Waals surface area contributed by atoms with E-state index < -0.39 is 0 Å². The number of rotatable bonds is 2. The first-order chi connectivity index (χ1) is 8.06. The summed E-state index contributed by atoms with van der Waals surface area (Å²) in [5, 5.41) is 2.15. The molecule has 17 heavy (non-hydrogen) atoms. The number of benzene rings is 1. The van der Waals surface area contributed by atoms with Crippen molar-refractivity contribution in [3.63, 3.8) is 0 Å². The fourth-order valence-electron chi connectivity index (χ4n) is 1.78. The van der Waals surface area contributed by atoms with Crippen molar-refractivity contribution in [1.29, 1.82) is 0 Å². The van der Waals surface area contributed by atoms with Crippen LogP contribution in [0.15, 0.2) is 22.6 Å². The number of carbonyl (C=O) groups is 1. The van der Waals surface area contributed by atoms with E-state index in [0.717, 1.165) is 16.7 Å². The van der Waals surface area contributed by atoms with Crippen LogP contribution >= 0.6 is 0 Å². The van der Waals surface area contributed by atoms with Crippen LogP contribution in [0.2, 0.25) is 0 Å². The van der Waals surface area contributed by atoms with Gasteiger partial charge in [-0.2, -0.15) is 0 Å². The van der Waals surface area contributed by atoms with Gasteiger partial charge in [-0.25, -0.2) is 5.06 Å². The number of furan rings is 1. The molecule has 1 heterocycles. The van der Waals surface area contributed by atoms with Crippen LogP contribution in [0.25, 0.3) is 11.0 Å². The largest absolute Gasteiger partial charge is 0.460 e. The van der Waals surface area contributed by atoms with Crippen LogP contribution in [0.4, 0.5) is 0 Å². The number of hydrogen-bond donors (Lipinski definition) is 0. The number of para-hydroxylation sites is 1. The van der Waals surface area contributed by atoms with E-state index in [-0.39, 0.29) is 5.91 Å². The third kappa shape index (κ3) is 1.80. The summed E-state index contributed by atoms with van der Waals surface area (Å²) in [6.07, 6.45) is 0. The normalized spacial score (nSPS) is 10.8. The van der Waals surface area contributed by atoms with E-state index >= 15 is 0 Å². The Morgan fingerprint density at radius 1 is 1.35 bits per heavy atom. The van der Waals surface area contributed by atoms with Gasteiger partial charge >= 0.3 is 0 Å². The molecule has 90 valence electrons. The predicted octanol–water partition coefficient (Wildman–Crippen LogP) is 2.68. The molecule has 1 aromatic heterocycles. The molecule has 0 aliphatic carbocycles. The van der Waals surface area contributed by atoms with E-state index in [1.165, 1.54) is 12.2 Å². The molecule has 0 saturated heterocycles. The number of nitrogens with zero attached hydrogens (tertiary/aromatic N) is 1. The Balaban J connectivity index is 2.63. The van der Waals surface area contributed by atoms with Crippen molar-refractivity contribution in [1.82, 2.24) is 5.06 Å². The van der Waals surface area contributed by atoms with Crippen LogP contribution in [0.5, 0.6) is 0 Å². The number of aryl methyl sites for hydroxylation is 2. The molecule has 1 amide bonds. The maximum absolute atomic E-state index is 12.1. The summed E-state index contributed by atoms with van der Waals surface area (Å²) in [4.78, 5) is 16.9. The Morgan fingerprint density at radius 2 is 2.06 bits per heavy atom. The summed E-state index contributed by atoms with van der Waals surface area (Å²) >= 11 is 0. The van der Waals surface area contributed by atoms with E-state index in [1.807, 2.05) is 26.0 Å². The van der Waals surface area contributed by atoms with Gasteiger partial charge in [0.1, 0.15) is 11.3 Å². The highest BCUT2D eigenvalue weighted by Crippen LogP contribution is 2.27. The first-order valence-electron chi connectivity index (χ1n) is 5.37. The van der Waals surface area contributed by atoms with Crippen LogP contribution in [0.1, 0.15) is 21.7 Å². The van der Waals surface area contributed by atoms with Crippen molar-refractivity contribution in [2.75, 3.05) is 14.2 Å². The van der Waals surface area contributed by atoms with Crippen molar-refractivity contribution >= 4 is 16.9 Å². The highest BCUT2D eigenvalue weighted by Gasteiger charge is 2.18. The lowest BCUT2D eigenvalue weighted by Gasteiger charge is -2.13. The van der Waals surface area contributed by atoms with Gasteiger partial charge < -0.3 is 4.42 Å². The van der Waals surface area contributed by atoms with Crippen molar-refractivity contribution in [2.24, 2.45) is 0 Å². The van der Waals surface area contributed by atoms with Gasteiger partial charge in [-0.3, -0.25) is 9.63 Å². The molecule has 0 N–H and O–H groups in total. The van der Waals surface area contributed by atoms with E-state index in [0.29, 0.717) is 11.1 Å². The number of fused-ring (bicyclic) bond motifs is 1. The van der Waals surface area contributed by atoms with Crippen LogP contribution in [-0.2, 0) is 4.84 Å². The summed E-state index contributed by atoms with van der Waals surface area (Å²) in [7, 11) is 3.03. The summed E-state index contributed by atoms with van der Waals surface area (Å²) in [5.74, 6) is 0.618. The molecule has 0 spiro atoms. The Hall–Kier alpha value is -1.81. The Bertz CT molecular complexity index is 571. The minimum atomic E-state index is -0.216. The molecule has 2 aromatic rings. The van der Waals surface area contributed by atoms with Crippen molar-refractivity contribution in [2.45, 2.75) is 13.8 Å². The quantitative estimate of drug-likeness (QED) is 0.749. The van der Waals surface area contributed by atoms with Gasteiger partial charge in [-0.1, -0.05) is 12.1 Å². The molecule has 2 rings (SSSR count). The van der Waals surface area contributed by atoms with Gasteiger partial charge in [0.25, 0.3) is 5.91 Å². The summed E-state index contributed by atoms with van der Waals surface area (Å²) < 4.78 is 5.64. The molecule has 0 saturated carbocycles. The number of hydrogen-bond acceptors (Lipinski definition) is 3. The first-order valence-corrected chi connectivity index (χ1v) is 5.37. The minimum Gasteiger partial charge on any atom is -0.460 e. The van der Waals surface area contributed by atoms with E-state index in [2.05, 4.69) is 0 Å². The fraction of sp³-hybridized carbons (Fsp3) is 0.308. The van der Waals surface area contributed by atoms with Crippen molar-refractivity contribution < 1.29 is 14.0 Å². The van der Waals surface area contributed by atoms with Gasteiger partial charge in [-0.15, -0.1) is 0 Å². The van der Waals surface area contributed by atoms with Crippen molar-refractivity contribution in [3.8, 4) is 0 Å². The van der Waals surface area contributed by atoms with E-state index in [1.54, 1.807) is 13.1 Å². The lowest BCUT2D eigenvalue weighted by Crippen LogP contribution is -2.25. The predicted molar refractivity (Wildman–Crippen MR) is 64.8 cm³/mol. The molecule has 0 aliphatic rings. The summed E-state index contributed by atoms with van der Waals surface area (Å²) in [6, 6.07) is 5.54. The van der Waals surface area contributed by atoms with Crippen LogP contribution in [-0.4, -0.2) is 25.1 Å². The Labute approximate surface area is 99.7 Å². The van der Waals surface area contributed by atoms with Crippen LogP contribution < -0.4 is 0 Å². The van der Waals surface area contributed by atoms with Crippen LogP contribution in [0, 0.1) is 13.8 Å². The molecular formula is C13H15NO3. The van der Waals surface area contributed by atoms with E-state index in [9.17, 15) is 4.79 Å². The van der Waals surface area contributed by atoms with Gasteiger partial charge in [0.05, 0.1) is 12.7 Å². The third-order valence-corrected chi connectivity index (χ3v) is 2.99. The van der Waals surface area contributed by atoms with Gasteiger partial charge in [0.2, 0.25) is 0 Å². The fourth-order valence-corrected chi connectivity index (χ4v) is 1.78. The molecule has 0 radical (unpaired) electrons. The topological polar surface area (TPSA) is 42.7 Å². The smallest absolute Gasteiger partial charge is 0.280 e. The number of amides is 1. The zero-order valence-corrected chi connectivity index (χ0v) is 10.4. The summed E-state index contributed by atoms with van der Waals surface area (Å²) in [5.41, 5.74) is 2.20. The highest BCUT2D eigenvalue weighted by atomic mass is 16.7. The zero-order chi connectivity index (χ0) is 12.6. The monoisotopic (exact) mass is 233 g/mol. The molecule has 4 nitrogen and oxygen atoms in total. The summed E-state index contributed by atoms with van der Waals surface area (Å²) in [6.45, 7) is 3.87. The Kier molecular flexibility index (Phi) is 2.90. The SMILES string of the molecule is CON(C)C(=O)c1cccc2c(C)c(C)oc12. The maximum Gasteiger partial charge on any atom is 0.280 e. The molecule has 0 fully saturated rings. The second-order valence-corrected chi connectivity index (χ2v) is 3.95. The molecule has 1 aromatic carbocycles. The second kappa shape index (κ2) is 4.22. The average molecular weight is 233 g/mol. The number of carbonyl (C=O) groups excluding carboxylic acids is 1. The molecule has 0 bridgehead atoms. The zero-order valence-electron chi connectivity index (χ0n) is 10.4. The average Bonchev–Trinajstić information content (AvgIpc) is 2.63. The first kappa shape index (κ1) is 11.7. The Morgan fingerprint density at radius 3 is 2.71 bits per heavy atom. The van der Waals surface area contributed by atoms with Gasteiger partial charge in [0.15, 0.2) is 0 Å². The second-order valence-electron chi connectivity index (χ2n) is 3.95. The lowest BCUT2D eigenvalue weighted by atomic mass is 10.1. The molecule has 0 aliphatic heterocycles. The third-order valence-electron chi connectivity index (χ3n) is 2.99. The van der Waals surface area contributed by atoms with Gasteiger partial charge in [-0.05, 0) is 25.5 Å². The molecular weight excluding hydrogens is 218 g/mol. The van der Waals surface area contributed by atoms with E-state index in [4.69, 9.17) is 9.25 Å². The highest BCUT2D eigenvalue weighted by molar-refractivity contribution is 6.05. The maximum atomic E-state index is 12.1.